The highest BCUT2D eigenvalue weighted by atomic mass is 32.1. The Balaban J connectivity index is 1.50. The largest absolute Gasteiger partial charge is 0.465 e. The van der Waals surface area contributed by atoms with Crippen molar-refractivity contribution in [1.82, 2.24) is 4.90 Å². The first kappa shape index (κ1) is 21.0. The molecule has 1 aliphatic rings. The summed E-state index contributed by atoms with van der Waals surface area (Å²) < 4.78 is 4.73. The van der Waals surface area contributed by atoms with Gasteiger partial charge in [0, 0.05) is 24.3 Å². The number of thiophene rings is 1. The van der Waals surface area contributed by atoms with Gasteiger partial charge in [0.25, 0.3) is 0 Å². The number of carbonyl (C=O) groups excluding carboxylic acids is 3. The molecule has 0 bridgehead atoms. The van der Waals surface area contributed by atoms with Gasteiger partial charge in [-0.2, -0.15) is 0 Å². The van der Waals surface area contributed by atoms with Crippen molar-refractivity contribution in [3.05, 3.63) is 69.9 Å². The van der Waals surface area contributed by atoms with E-state index in [0.717, 1.165) is 29.7 Å². The van der Waals surface area contributed by atoms with Crippen LogP contribution < -0.4 is 0 Å². The molecular weight excluding hydrogens is 386 g/mol. The standard InChI is InChI=1S/C23H25NO4S/c1-28-23(27)21-13-12-20(29-21)8-5-15-24-18(10-14-22(24)26)9-11-19(25)16-17-6-3-2-4-7-17/h2-4,6-7,9,11-13,18H,5,8,10,14-16H2,1H3/b11-9+. The van der Waals surface area contributed by atoms with Crippen molar-refractivity contribution in [3.63, 3.8) is 0 Å². The zero-order valence-electron chi connectivity index (χ0n) is 16.5. The van der Waals surface area contributed by atoms with Crippen molar-refractivity contribution >= 4 is 29.0 Å². The van der Waals surface area contributed by atoms with Crippen LogP contribution in [0.2, 0.25) is 0 Å². The Morgan fingerprint density at radius 3 is 2.76 bits per heavy atom. The second-order valence-electron chi connectivity index (χ2n) is 7.04. The lowest BCUT2D eigenvalue weighted by atomic mass is 10.1. The molecule has 29 heavy (non-hydrogen) atoms. The van der Waals surface area contributed by atoms with Gasteiger partial charge in [-0.15, -0.1) is 11.3 Å². The highest BCUT2D eigenvalue weighted by Gasteiger charge is 2.28. The van der Waals surface area contributed by atoms with E-state index in [4.69, 9.17) is 4.74 Å². The Morgan fingerprint density at radius 2 is 2.00 bits per heavy atom. The number of rotatable bonds is 9. The van der Waals surface area contributed by atoms with Gasteiger partial charge in [0.2, 0.25) is 5.91 Å². The maximum atomic E-state index is 12.2. The SMILES string of the molecule is COC(=O)c1ccc(CCCN2C(=O)CCC2/C=C/C(=O)Cc2ccccc2)s1. The van der Waals surface area contributed by atoms with E-state index in [0.29, 0.717) is 24.3 Å². The molecule has 0 spiro atoms. The summed E-state index contributed by atoms with van der Waals surface area (Å²) >= 11 is 1.43. The third-order valence-electron chi connectivity index (χ3n) is 4.97. The quantitative estimate of drug-likeness (QED) is 0.465. The molecule has 1 atom stereocenters. The molecule has 1 amide bonds. The van der Waals surface area contributed by atoms with Crippen molar-refractivity contribution < 1.29 is 19.1 Å². The van der Waals surface area contributed by atoms with Crippen molar-refractivity contribution in [2.75, 3.05) is 13.7 Å². The van der Waals surface area contributed by atoms with Crippen LogP contribution in [-0.4, -0.2) is 42.3 Å². The first-order valence-electron chi connectivity index (χ1n) is 9.78. The van der Waals surface area contributed by atoms with Crippen molar-refractivity contribution in [2.45, 2.75) is 38.1 Å². The molecule has 1 unspecified atom stereocenters. The fourth-order valence-electron chi connectivity index (χ4n) is 3.47. The molecule has 0 aliphatic carbocycles. The molecular formula is C23H25NO4S. The minimum absolute atomic E-state index is 0.0174. The van der Waals surface area contributed by atoms with Crippen LogP contribution in [-0.2, 0) is 27.2 Å². The Kier molecular flexibility index (Phi) is 7.36. The van der Waals surface area contributed by atoms with Gasteiger partial charge in [-0.1, -0.05) is 36.4 Å². The summed E-state index contributed by atoms with van der Waals surface area (Å²) in [5.41, 5.74) is 0.990. The zero-order chi connectivity index (χ0) is 20.6. The molecule has 3 rings (SSSR count). The Hall–Kier alpha value is -2.73. The number of hydrogen-bond donors (Lipinski definition) is 0. The van der Waals surface area contributed by atoms with E-state index in [1.807, 2.05) is 47.4 Å². The highest BCUT2D eigenvalue weighted by Crippen LogP contribution is 2.23. The van der Waals surface area contributed by atoms with E-state index in [2.05, 4.69) is 0 Å². The number of esters is 1. The third-order valence-corrected chi connectivity index (χ3v) is 6.10. The average molecular weight is 412 g/mol. The summed E-state index contributed by atoms with van der Waals surface area (Å²) in [6, 6.07) is 13.3. The van der Waals surface area contributed by atoms with Crippen LogP contribution in [0.15, 0.2) is 54.6 Å². The molecule has 0 N–H and O–H groups in total. The van der Waals surface area contributed by atoms with Gasteiger partial charge in [-0.25, -0.2) is 4.79 Å². The molecule has 1 fully saturated rings. The molecule has 1 saturated heterocycles. The van der Waals surface area contributed by atoms with Gasteiger partial charge in [0.05, 0.1) is 13.2 Å². The number of methoxy groups -OCH3 is 1. The van der Waals surface area contributed by atoms with Gasteiger partial charge in [0.15, 0.2) is 5.78 Å². The first-order valence-corrected chi connectivity index (χ1v) is 10.6. The Labute approximate surface area is 175 Å². The third kappa shape index (κ3) is 5.87. The van der Waals surface area contributed by atoms with Gasteiger partial charge in [-0.05, 0) is 43.0 Å². The number of likely N-dealkylation sites (tertiary alicyclic amines) is 1. The summed E-state index contributed by atoms with van der Waals surface area (Å²) in [6.07, 6.45) is 6.75. The first-order chi connectivity index (χ1) is 14.1. The fourth-order valence-corrected chi connectivity index (χ4v) is 4.43. The zero-order valence-corrected chi connectivity index (χ0v) is 17.3. The number of hydrogen-bond acceptors (Lipinski definition) is 5. The maximum absolute atomic E-state index is 12.2. The molecule has 1 aromatic heterocycles. The molecule has 1 aliphatic heterocycles. The van der Waals surface area contributed by atoms with E-state index in [9.17, 15) is 14.4 Å². The smallest absolute Gasteiger partial charge is 0.348 e. The van der Waals surface area contributed by atoms with Crippen LogP contribution in [0.25, 0.3) is 0 Å². The maximum Gasteiger partial charge on any atom is 0.348 e. The van der Waals surface area contributed by atoms with Gasteiger partial charge >= 0.3 is 5.97 Å². The predicted molar refractivity (Wildman–Crippen MR) is 113 cm³/mol. The lowest BCUT2D eigenvalue weighted by Crippen LogP contribution is -2.33. The van der Waals surface area contributed by atoms with Crippen molar-refractivity contribution in [1.29, 1.82) is 0 Å². The van der Waals surface area contributed by atoms with E-state index in [1.165, 1.54) is 18.4 Å². The molecule has 0 radical (unpaired) electrons. The number of nitrogens with zero attached hydrogens (tertiary/aromatic N) is 1. The van der Waals surface area contributed by atoms with E-state index in [-0.39, 0.29) is 23.7 Å². The fraction of sp³-hybridized carbons (Fsp3) is 0.348. The summed E-state index contributed by atoms with van der Waals surface area (Å²) in [4.78, 5) is 39.5. The van der Waals surface area contributed by atoms with Crippen molar-refractivity contribution in [2.24, 2.45) is 0 Å². The highest BCUT2D eigenvalue weighted by molar-refractivity contribution is 7.13. The minimum atomic E-state index is -0.318. The molecule has 1 aromatic carbocycles. The number of ketones is 1. The Morgan fingerprint density at radius 1 is 1.21 bits per heavy atom. The summed E-state index contributed by atoms with van der Waals surface area (Å²) in [5.74, 6) is -0.137. The van der Waals surface area contributed by atoms with Gasteiger partial charge < -0.3 is 9.64 Å². The Bertz CT molecular complexity index is 887. The second-order valence-corrected chi connectivity index (χ2v) is 8.21. The van der Waals surface area contributed by atoms with E-state index >= 15 is 0 Å². The monoisotopic (exact) mass is 411 g/mol. The van der Waals surface area contributed by atoms with Crippen LogP contribution in [0.1, 0.15) is 39.4 Å². The number of ether oxygens (including phenoxy) is 1. The number of benzene rings is 1. The van der Waals surface area contributed by atoms with Gasteiger partial charge in [-0.3, -0.25) is 9.59 Å². The van der Waals surface area contributed by atoms with Crippen molar-refractivity contribution in [3.8, 4) is 0 Å². The molecule has 152 valence electrons. The minimum Gasteiger partial charge on any atom is -0.465 e. The van der Waals surface area contributed by atoms with Crippen LogP contribution in [0.3, 0.4) is 0 Å². The molecule has 0 saturated carbocycles. The van der Waals surface area contributed by atoms with Crippen LogP contribution in [0.5, 0.6) is 0 Å². The number of amides is 1. The molecule has 6 heteroatoms. The lowest BCUT2D eigenvalue weighted by molar-refractivity contribution is -0.128. The van der Waals surface area contributed by atoms with E-state index in [1.54, 1.807) is 12.1 Å². The predicted octanol–water partition coefficient (Wildman–Crippen LogP) is 3.83. The number of allylic oxidation sites excluding steroid dienone is 1. The van der Waals surface area contributed by atoms with Gasteiger partial charge in [0.1, 0.15) is 4.88 Å². The lowest BCUT2D eigenvalue weighted by Gasteiger charge is -2.22. The number of aryl methyl sites for hydroxylation is 1. The van der Waals surface area contributed by atoms with Crippen LogP contribution >= 0.6 is 11.3 Å². The summed E-state index contributed by atoms with van der Waals surface area (Å²) in [5, 5.41) is 0. The topological polar surface area (TPSA) is 63.7 Å². The van der Waals surface area contributed by atoms with E-state index < -0.39 is 0 Å². The molecule has 2 heterocycles. The summed E-state index contributed by atoms with van der Waals surface area (Å²) in [7, 11) is 1.37. The van der Waals surface area contributed by atoms with Crippen LogP contribution in [0.4, 0.5) is 0 Å². The average Bonchev–Trinajstić information content (AvgIpc) is 3.34. The normalized spacial score (nSPS) is 16.5. The molecule has 5 nitrogen and oxygen atoms in total. The molecule has 2 aromatic rings. The van der Waals surface area contributed by atoms with Crippen LogP contribution in [0, 0.1) is 0 Å². The second kappa shape index (κ2) is 10.2. The summed E-state index contributed by atoms with van der Waals surface area (Å²) in [6.45, 7) is 0.645. The number of carbonyl (C=O) groups is 3.